The standard InChI is InChI=1S/C9H14N4O2S2/c1-3-16-9-13-12-8(17-9)11-7(15)4-5-10-6(2)14/h3-5H2,1-2H3,(H,10,14)(H,11,12,15). The fourth-order valence-electron chi connectivity index (χ4n) is 0.976. The van der Waals surface area contributed by atoms with E-state index in [0.717, 1.165) is 10.1 Å². The fourth-order valence-corrected chi connectivity index (χ4v) is 2.64. The molecule has 2 N–H and O–H groups in total. The molecule has 1 aromatic rings. The molecule has 2 amide bonds. The molecule has 0 aliphatic heterocycles. The summed E-state index contributed by atoms with van der Waals surface area (Å²) >= 11 is 2.93. The van der Waals surface area contributed by atoms with E-state index >= 15 is 0 Å². The molecule has 0 unspecified atom stereocenters. The van der Waals surface area contributed by atoms with E-state index < -0.39 is 0 Å². The average molecular weight is 274 g/mol. The zero-order valence-electron chi connectivity index (χ0n) is 9.65. The van der Waals surface area contributed by atoms with Crippen LogP contribution >= 0.6 is 23.1 Å². The Kier molecular flexibility index (Phi) is 5.92. The predicted molar refractivity (Wildman–Crippen MR) is 68.2 cm³/mol. The van der Waals surface area contributed by atoms with Crippen molar-refractivity contribution in [3.05, 3.63) is 0 Å². The van der Waals surface area contributed by atoms with Crippen LogP contribution in [0.15, 0.2) is 4.34 Å². The van der Waals surface area contributed by atoms with Gasteiger partial charge in [-0.15, -0.1) is 10.2 Å². The Bertz CT molecular complexity index is 394. The van der Waals surface area contributed by atoms with E-state index in [0.29, 0.717) is 11.7 Å². The summed E-state index contributed by atoms with van der Waals surface area (Å²) in [7, 11) is 0. The number of hydrogen-bond acceptors (Lipinski definition) is 6. The van der Waals surface area contributed by atoms with Gasteiger partial charge in [-0.3, -0.25) is 9.59 Å². The van der Waals surface area contributed by atoms with E-state index in [1.54, 1.807) is 11.8 Å². The maximum atomic E-state index is 11.4. The number of nitrogens with zero attached hydrogens (tertiary/aromatic N) is 2. The minimum atomic E-state index is -0.178. The highest BCUT2D eigenvalue weighted by molar-refractivity contribution is 8.01. The van der Waals surface area contributed by atoms with E-state index in [2.05, 4.69) is 20.8 Å². The molecule has 0 aliphatic rings. The molecule has 0 saturated heterocycles. The Labute approximate surface area is 108 Å². The first-order valence-corrected chi connectivity index (χ1v) is 6.92. The third kappa shape index (κ3) is 5.64. The molecule has 0 spiro atoms. The van der Waals surface area contributed by atoms with Crippen LogP contribution in [0.4, 0.5) is 5.13 Å². The van der Waals surface area contributed by atoms with Gasteiger partial charge in [0.05, 0.1) is 0 Å². The van der Waals surface area contributed by atoms with Gasteiger partial charge >= 0.3 is 0 Å². The molecule has 6 nitrogen and oxygen atoms in total. The maximum absolute atomic E-state index is 11.4. The van der Waals surface area contributed by atoms with E-state index in [9.17, 15) is 9.59 Å². The van der Waals surface area contributed by atoms with Gasteiger partial charge in [0, 0.05) is 19.9 Å². The first-order valence-electron chi connectivity index (χ1n) is 5.12. The van der Waals surface area contributed by atoms with Crippen molar-refractivity contribution in [3.8, 4) is 0 Å². The monoisotopic (exact) mass is 274 g/mol. The van der Waals surface area contributed by atoms with Gasteiger partial charge in [0.2, 0.25) is 16.9 Å². The normalized spacial score (nSPS) is 10.0. The van der Waals surface area contributed by atoms with E-state index in [4.69, 9.17) is 0 Å². The number of anilines is 1. The molecule has 0 saturated carbocycles. The fraction of sp³-hybridized carbons (Fsp3) is 0.556. The average Bonchev–Trinajstić information content (AvgIpc) is 2.65. The lowest BCUT2D eigenvalue weighted by atomic mass is 10.4. The van der Waals surface area contributed by atoms with Crippen molar-refractivity contribution in [2.75, 3.05) is 17.6 Å². The molecule has 0 radical (unpaired) electrons. The molecular formula is C9H14N4O2S2. The van der Waals surface area contributed by atoms with Crippen molar-refractivity contribution in [1.29, 1.82) is 0 Å². The summed E-state index contributed by atoms with van der Waals surface area (Å²) in [5.41, 5.74) is 0. The van der Waals surface area contributed by atoms with E-state index in [1.807, 2.05) is 6.92 Å². The lowest BCUT2D eigenvalue weighted by molar-refractivity contribution is -0.119. The molecule has 0 bridgehead atoms. The Morgan fingerprint density at radius 3 is 2.82 bits per heavy atom. The molecular weight excluding hydrogens is 260 g/mol. The van der Waals surface area contributed by atoms with Crippen molar-refractivity contribution in [2.24, 2.45) is 0 Å². The summed E-state index contributed by atoms with van der Waals surface area (Å²) < 4.78 is 0.838. The summed E-state index contributed by atoms with van der Waals surface area (Å²) in [4.78, 5) is 22.0. The van der Waals surface area contributed by atoms with Crippen molar-refractivity contribution in [2.45, 2.75) is 24.6 Å². The highest BCUT2D eigenvalue weighted by Crippen LogP contribution is 2.24. The van der Waals surface area contributed by atoms with Crippen LogP contribution < -0.4 is 10.6 Å². The molecule has 17 heavy (non-hydrogen) atoms. The highest BCUT2D eigenvalue weighted by atomic mass is 32.2. The Hall–Kier alpha value is -1.15. The highest BCUT2D eigenvalue weighted by Gasteiger charge is 2.07. The molecule has 1 aromatic heterocycles. The second-order valence-corrected chi connectivity index (χ2v) is 5.58. The van der Waals surface area contributed by atoms with Crippen LogP contribution in [0.2, 0.25) is 0 Å². The van der Waals surface area contributed by atoms with Gasteiger partial charge in [0.25, 0.3) is 0 Å². The number of nitrogens with one attached hydrogen (secondary N) is 2. The number of rotatable bonds is 6. The minimum Gasteiger partial charge on any atom is -0.356 e. The zero-order chi connectivity index (χ0) is 12.7. The molecule has 1 heterocycles. The molecule has 1 rings (SSSR count). The molecule has 8 heteroatoms. The third-order valence-electron chi connectivity index (χ3n) is 1.65. The first kappa shape index (κ1) is 13.9. The van der Waals surface area contributed by atoms with Gasteiger partial charge in [0.15, 0.2) is 4.34 Å². The second-order valence-electron chi connectivity index (χ2n) is 3.09. The predicted octanol–water partition coefficient (Wildman–Crippen LogP) is 1.11. The number of amides is 2. The lowest BCUT2D eigenvalue weighted by Crippen LogP contribution is -2.25. The largest absolute Gasteiger partial charge is 0.356 e. The van der Waals surface area contributed by atoms with Crippen LogP contribution in [-0.2, 0) is 9.59 Å². The van der Waals surface area contributed by atoms with Gasteiger partial charge in [-0.2, -0.15) is 0 Å². The van der Waals surface area contributed by atoms with Crippen LogP contribution in [0.3, 0.4) is 0 Å². The summed E-state index contributed by atoms with van der Waals surface area (Å²) in [6, 6.07) is 0. The first-order chi connectivity index (χ1) is 8.11. The Balaban J connectivity index is 2.31. The van der Waals surface area contributed by atoms with Crippen LogP contribution in [0.25, 0.3) is 0 Å². The Morgan fingerprint density at radius 1 is 1.41 bits per heavy atom. The van der Waals surface area contributed by atoms with Crippen molar-refractivity contribution in [1.82, 2.24) is 15.5 Å². The summed E-state index contributed by atoms with van der Waals surface area (Å²) in [5, 5.41) is 13.4. The minimum absolute atomic E-state index is 0.143. The van der Waals surface area contributed by atoms with Gasteiger partial charge in [0.1, 0.15) is 0 Å². The Morgan fingerprint density at radius 2 is 2.18 bits per heavy atom. The number of aromatic nitrogens is 2. The van der Waals surface area contributed by atoms with Crippen molar-refractivity contribution >= 4 is 40.0 Å². The summed E-state index contributed by atoms with van der Waals surface area (Å²) in [6.07, 6.45) is 0.232. The van der Waals surface area contributed by atoms with Gasteiger partial charge < -0.3 is 10.6 Å². The molecule has 0 fully saturated rings. The van der Waals surface area contributed by atoms with Crippen LogP contribution in [0.5, 0.6) is 0 Å². The zero-order valence-corrected chi connectivity index (χ0v) is 11.3. The maximum Gasteiger partial charge on any atom is 0.227 e. The van der Waals surface area contributed by atoms with Gasteiger partial charge in [-0.05, 0) is 5.75 Å². The third-order valence-corrected chi connectivity index (χ3v) is 3.50. The SMILES string of the molecule is CCSc1nnc(NC(=O)CCNC(C)=O)s1. The van der Waals surface area contributed by atoms with E-state index in [1.165, 1.54) is 18.3 Å². The molecule has 0 atom stereocenters. The van der Waals surface area contributed by atoms with Gasteiger partial charge in [-0.1, -0.05) is 30.0 Å². The van der Waals surface area contributed by atoms with E-state index in [-0.39, 0.29) is 18.2 Å². The second kappa shape index (κ2) is 7.23. The summed E-state index contributed by atoms with van der Waals surface area (Å²) in [5.74, 6) is 0.601. The number of carbonyl (C=O) groups excluding carboxylic acids is 2. The number of thioether (sulfide) groups is 1. The number of carbonyl (C=O) groups is 2. The smallest absolute Gasteiger partial charge is 0.227 e. The van der Waals surface area contributed by atoms with Crippen LogP contribution in [0, 0.1) is 0 Å². The lowest BCUT2D eigenvalue weighted by Gasteiger charge is -2.01. The van der Waals surface area contributed by atoms with Crippen molar-refractivity contribution in [3.63, 3.8) is 0 Å². The molecule has 0 aliphatic carbocycles. The van der Waals surface area contributed by atoms with Crippen LogP contribution in [0.1, 0.15) is 20.3 Å². The van der Waals surface area contributed by atoms with Crippen molar-refractivity contribution < 1.29 is 9.59 Å². The topological polar surface area (TPSA) is 84.0 Å². The number of hydrogen-bond donors (Lipinski definition) is 2. The van der Waals surface area contributed by atoms with Gasteiger partial charge in [-0.25, -0.2) is 0 Å². The summed E-state index contributed by atoms with van der Waals surface area (Å²) in [6.45, 7) is 3.77. The van der Waals surface area contributed by atoms with Crippen LogP contribution in [-0.4, -0.2) is 34.3 Å². The molecule has 94 valence electrons. The molecule has 0 aromatic carbocycles. The quantitative estimate of drug-likeness (QED) is 0.600.